The van der Waals surface area contributed by atoms with Gasteiger partial charge in [-0.15, -0.1) is 24.5 Å². The number of alkyl carbamates (subject to hydrolysis) is 1. The third-order valence-corrected chi connectivity index (χ3v) is 6.61. The van der Waals surface area contributed by atoms with E-state index in [0.717, 1.165) is 30.0 Å². The Balaban J connectivity index is 1.28. The van der Waals surface area contributed by atoms with E-state index < -0.39 is 18.1 Å². The summed E-state index contributed by atoms with van der Waals surface area (Å²) in [7, 11) is 0. The molecule has 2 bridgehead atoms. The van der Waals surface area contributed by atoms with Gasteiger partial charge in [-0.3, -0.25) is 4.74 Å². The predicted molar refractivity (Wildman–Crippen MR) is 92.6 cm³/mol. The van der Waals surface area contributed by atoms with Crippen molar-refractivity contribution < 1.29 is 27.4 Å². The first-order valence-electron chi connectivity index (χ1n) is 9.09. The zero-order valence-corrected chi connectivity index (χ0v) is 16.3. The van der Waals surface area contributed by atoms with Gasteiger partial charge in [0, 0.05) is 22.3 Å². The van der Waals surface area contributed by atoms with Gasteiger partial charge in [0.15, 0.2) is 0 Å². The topological polar surface area (TPSA) is 60.5 Å². The molecule has 0 aliphatic heterocycles. The molecule has 0 spiro atoms. The summed E-state index contributed by atoms with van der Waals surface area (Å²) in [6.45, 7) is 5.49. The fraction of sp³-hybridized carbons (Fsp3) is 0.778. The highest BCUT2D eigenvalue weighted by molar-refractivity contribution is 7.09. The lowest BCUT2D eigenvalue weighted by molar-refractivity contribution is -0.351. The van der Waals surface area contributed by atoms with E-state index >= 15 is 0 Å². The van der Waals surface area contributed by atoms with Crippen LogP contribution in [0, 0.1) is 0 Å². The summed E-state index contributed by atoms with van der Waals surface area (Å²) >= 11 is 1.51. The molecule has 0 radical (unpaired) electrons. The van der Waals surface area contributed by atoms with E-state index in [1.54, 1.807) is 0 Å². The summed E-state index contributed by atoms with van der Waals surface area (Å²) in [5, 5.41) is 5.89. The van der Waals surface area contributed by atoms with E-state index in [1.165, 1.54) is 11.3 Å². The standard InChI is InChI=1S/C18H23F3N2O3S/c1-15(2,3)26-14(24)23-17-7-16(8-17,9-17)12-6-27-13(22-12)10-4-11(5-10)25-18(19,20)21/h6,10-11H,4-5,7-9H2,1-3H3,(H,23,24)/t10-,11+,16?,17?. The third-order valence-electron chi connectivity index (χ3n) is 5.61. The molecule has 0 aromatic carbocycles. The fourth-order valence-electron chi connectivity index (χ4n) is 4.48. The molecule has 0 unspecified atom stereocenters. The first kappa shape index (κ1) is 19.0. The SMILES string of the molecule is CC(C)(C)OC(=O)NC12CC(c3csc([C@H]4C[C@@H](OC(F)(F)F)C4)n3)(C1)C2. The maximum absolute atomic E-state index is 12.2. The highest BCUT2D eigenvalue weighted by Crippen LogP contribution is 2.67. The van der Waals surface area contributed by atoms with Crippen molar-refractivity contribution in [3.05, 3.63) is 16.1 Å². The van der Waals surface area contributed by atoms with Crippen LogP contribution in [0.1, 0.15) is 69.5 Å². The van der Waals surface area contributed by atoms with Crippen molar-refractivity contribution >= 4 is 17.4 Å². The molecule has 4 aliphatic rings. The second kappa shape index (κ2) is 5.83. The van der Waals surface area contributed by atoms with E-state index in [0.29, 0.717) is 12.8 Å². The maximum atomic E-state index is 12.2. The Labute approximate surface area is 159 Å². The van der Waals surface area contributed by atoms with Crippen molar-refractivity contribution in [3.63, 3.8) is 0 Å². The first-order chi connectivity index (χ1) is 12.4. The number of rotatable bonds is 4. The van der Waals surface area contributed by atoms with Crippen LogP contribution >= 0.6 is 11.3 Å². The Morgan fingerprint density at radius 3 is 2.44 bits per heavy atom. The van der Waals surface area contributed by atoms with Crippen molar-refractivity contribution in [1.29, 1.82) is 0 Å². The average Bonchev–Trinajstić information content (AvgIpc) is 2.81. The number of carbonyl (C=O) groups is 1. The summed E-state index contributed by atoms with van der Waals surface area (Å²) < 4.78 is 46.0. The number of amides is 1. The molecule has 0 atom stereocenters. The maximum Gasteiger partial charge on any atom is 0.522 e. The number of thiazole rings is 1. The summed E-state index contributed by atoms with van der Waals surface area (Å²) in [5.41, 5.74) is 0.311. The second-order valence-electron chi connectivity index (χ2n) is 9.14. The van der Waals surface area contributed by atoms with Crippen LogP contribution < -0.4 is 5.32 Å². The predicted octanol–water partition coefficient (Wildman–Crippen LogP) is 4.62. The Hall–Kier alpha value is -1.35. The molecule has 1 aromatic heterocycles. The molecule has 1 N–H and O–H groups in total. The summed E-state index contributed by atoms with van der Waals surface area (Å²) in [6, 6.07) is 0. The van der Waals surface area contributed by atoms with Crippen molar-refractivity contribution in [3.8, 4) is 0 Å². The van der Waals surface area contributed by atoms with Gasteiger partial charge in [0.2, 0.25) is 0 Å². The monoisotopic (exact) mass is 404 g/mol. The third kappa shape index (κ3) is 3.68. The number of alkyl halides is 3. The van der Waals surface area contributed by atoms with Crippen molar-refractivity contribution in [2.45, 2.75) is 87.8 Å². The number of nitrogens with zero attached hydrogens (tertiary/aromatic N) is 1. The lowest BCUT2D eigenvalue weighted by Crippen LogP contribution is -2.77. The lowest BCUT2D eigenvalue weighted by Gasteiger charge is -2.69. The van der Waals surface area contributed by atoms with Crippen LogP contribution in [0.4, 0.5) is 18.0 Å². The van der Waals surface area contributed by atoms with Crippen molar-refractivity contribution in [2.24, 2.45) is 0 Å². The molecule has 9 heteroatoms. The van der Waals surface area contributed by atoms with Gasteiger partial charge < -0.3 is 10.1 Å². The van der Waals surface area contributed by atoms with Crippen LogP contribution in [-0.2, 0) is 14.9 Å². The number of carbonyl (C=O) groups excluding carboxylic acids is 1. The molecule has 5 nitrogen and oxygen atoms in total. The minimum Gasteiger partial charge on any atom is -0.444 e. The van der Waals surface area contributed by atoms with Gasteiger partial charge in [-0.1, -0.05) is 0 Å². The largest absolute Gasteiger partial charge is 0.522 e. The zero-order chi connectivity index (χ0) is 19.7. The number of hydrogen-bond acceptors (Lipinski definition) is 5. The Morgan fingerprint density at radius 1 is 1.26 bits per heavy atom. The molecular formula is C18H23F3N2O3S. The number of halogens is 3. The number of aromatic nitrogens is 1. The average molecular weight is 404 g/mol. The van der Waals surface area contributed by atoms with Gasteiger partial charge in [-0.05, 0) is 52.9 Å². The highest BCUT2D eigenvalue weighted by atomic mass is 32.1. The number of ether oxygens (including phenoxy) is 2. The van der Waals surface area contributed by atoms with E-state index in [-0.39, 0.29) is 23.0 Å². The molecule has 4 saturated carbocycles. The van der Waals surface area contributed by atoms with Crippen LogP contribution in [0.25, 0.3) is 0 Å². The molecule has 1 aromatic rings. The molecule has 4 fully saturated rings. The van der Waals surface area contributed by atoms with Gasteiger partial charge in [0.25, 0.3) is 0 Å². The normalized spacial score (nSPS) is 34.9. The van der Waals surface area contributed by atoms with E-state index in [9.17, 15) is 18.0 Å². The lowest BCUT2D eigenvalue weighted by atomic mass is 9.38. The number of hydrogen-bond donors (Lipinski definition) is 1. The van der Waals surface area contributed by atoms with E-state index in [1.807, 2.05) is 26.2 Å². The van der Waals surface area contributed by atoms with Gasteiger partial charge >= 0.3 is 12.5 Å². The quantitative estimate of drug-likeness (QED) is 0.795. The second-order valence-corrected chi connectivity index (χ2v) is 10.0. The molecule has 0 saturated heterocycles. The van der Waals surface area contributed by atoms with E-state index in [2.05, 4.69) is 10.1 Å². The van der Waals surface area contributed by atoms with Crippen LogP contribution in [0.2, 0.25) is 0 Å². The Morgan fingerprint density at radius 2 is 1.89 bits per heavy atom. The molecular weight excluding hydrogens is 381 g/mol. The van der Waals surface area contributed by atoms with Gasteiger partial charge in [-0.2, -0.15) is 0 Å². The van der Waals surface area contributed by atoms with Gasteiger partial charge in [0.05, 0.1) is 16.8 Å². The molecule has 150 valence electrons. The minimum atomic E-state index is -4.56. The molecule has 1 heterocycles. The summed E-state index contributed by atoms with van der Waals surface area (Å²) in [5.74, 6) is 0.0531. The Kier molecular flexibility index (Phi) is 4.10. The zero-order valence-electron chi connectivity index (χ0n) is 15.5. The van der Waals surface area contributed by atoms with Gasteiger partial charge in [-0.25, -0.2) is 9.78 Å². The van der Waals surface area contributed by atoms with Crippen molar-refractivity contribution in [2.75, 3.05) is 0 Å². The van der Waals surface area contributed by atoms with Crippen LogP contribution in [0.3, 0.4) is 0 Å². The smallest absolute Gasteiger partial charge is 0.444 e. The van der Waals surface area contributed by atoms with E-state index in [4.69, 9.17) is 9.72 Å². The van der Waals surface area contributed by atoms with Crippen LogP contribution in [0.5, 0.6) is 0 Å². The van der Waals surface area contributed by atoms with Gasteiger partial charge in [0.1, 0.15) is 5.60 Å². The van der Waals surface area contributed by atoms with Crippen LogP contribution in [0.15, 0.2) is 5.38 Å². The van der Waals surface area contributed by atoms with Crippen molar-refractivity contribution in [1.82, 2.24) is 10.3 Å². The first-order valence-corrected chi connectivity index (χ1v) is 9.97. The minimum absolute atomic E-state index is 0.00931. The Bertz CT molecular complexity index is 730. The highest BCUT2D eigenvalue weighted by Gasteiger charge is 2.70. The fourth-order valence-corrected chi connectivity index (χ4v) is 5.55. The molecule has 1 amide bonds. The summed E-state index contributed by atoms with van der Waals surface area (Å²) in [6.07, 6.45) is -2.45. The van der Waals surface area contributed by atoms with Crippen LogP contribution in [-0.4, -0.2) is 34.7 Å². The molecule has 4 aliphatic carbocycles. The molecule has 27 heavy (non-hydrogen) atoms. The number of nitrogens with one attached hydrogen (secondary N) is 1. The summed E-state index contributed by atoms with van der Waals surface area (Å²) in [4.78, 5) is 16.7. The molecule has 5 rings (SSSR count).